The van der Waals surface area contributed by atoms with Crippen molar-refractivity contribution in [2.45, 2.75) is 144 Å². The van der Waals surface area contributed by atoms with E-state index in [1.165, 1.54) is 0 Å². The standard InChI is InChI=1S/C31H60O8/c1-9-13-17-34-21-24-25(35-18-14-10-2)26(36-19-15-11-3)27(37-20-16-12-4)28(39-24)38-23-30(5,6)22-31(7,8)29(32)33/h24-28H,9-23H2,1-8H3,(H,32,33)/t24?,25-,26?,27?,28+/m0/s1. The second kappa shape index (κ2) is 19.4. The number of hydrogen-bond donors (Lipinski definition) is 1. The summed E-state index contributed by atoms with van der Waals surface area (Å²) in [4.78, 5) is 11.8. The fraction of sp³-hybridized carbons (Fsp3) is 0.968. The predicted octanol–water partition coefficient (Wildman–Crippen LogP) is 6.63. The van der Waals surface area contributed by atoms with Crippen LogP contribution in [0, 0.1) is 10.8 Å². The van der Waals surface area contributed by atoms with Crippen molar-refractivity contribution in [2.24, 2.45) is 10.8 Å². The SMILES string of the molecule is CCCCOCC1O[C@@H](OCC(C)(C)CC(C)(C)C(=O)O)C(OCCCC)C(OCCCC)[C@H]1OCCCC. The number of aliphatic carboxylic acids is 1. The van der Waals surface area contributed by atoms with Gasteiger partial charge < -0.3 is 33.5 Å². The van der Waals surface area contributed by atoms with E-state index in [4.69, 9.17) is 28.4 Å². The van der Waals surface area contributed by atoms with Crippen molar-refractivity contribution in [1.82, 2.24) is 0 Å². The predicted molar refractivity (Wildman–Crippen MR) is 154 cm³/mol. The van der Waals surface area contributed by atoms with Crippen LogP contribution < -0.4 is 0 Å². The molecule has 39 heavy (non-hydrogen) atoms. The van der Waals surface area contributed by atoms with Gasteiger partial charge in [0.1, 0.15) is 24.4 Å². The molecular weight excluding hydrogens is 500 g/mol. The fourth-order valence-electron chi connectivity index (χ4n) is 4.88. The zero-order chi connectivity index (χ0) is 29.3. The molecule has 0 saturated carbocycles. The van der Waals surface area contributed by atoms with Gasteiger partial charge in [-0.15, -0.1) is 0 Å². The van der Waals surface area contributed by atoms with E-state index in [9.17, 15) is 9.90 Å². The maximum atomic E-state index is 11.8. The molecule has 8 nitrogen and oxygen atoms in total. The number of carbonyl (C=O) groups is 1. The van der Waals surface area contributed by atoms with Gasteiger partial charge >= 0.3 is 5.97 Å². The summed E-state index contributed by atoms with van der Waals surface area (Å²) >= 11 is 0. The maximum Gasteiger partial charge on any atom is 0.309 e. The normalized spacial score (nSPS) is 24.3. The molecule has 0 aromatic carbocycles. The van der Waals surface area contributed by atoms with E-state index in [2.05, 4.69) is 27.7 Å². The van der Waals surface area contributed by atoms with Crippen molar-refractivity contribution in [3.63, 3.8) is 0 Å². The van der Waals surface area contributed by atoms with Gasteiger partial charge in [0, 0.05) is 26.4 Å². The minimum atomic E-state index is -0.864. The Labute approximate surface area is 238 Å². The van der Waals surface area contributed by atoms with E-state index < -0.39 is 23.8 Å². The van der Waals surface area contributed by atoms with Gasteiger partial charge in [0.2, 0.25) is 0 Å². The first-order valence-electron chi connectivity index (χ1n) is 15.5. The summed E-state index contributed by atoms with van der Waals surface area (Å²) in [6.45, 7) is 19.3. The molecule has 0 bridgehead atoms. The van der Waals surface area contributed by atoms with E-state index in [1.807, 2.05) is 13.8 Å². The Hall–Kier alpha value is -0.770. The summed E-state index contributed by atoms with van der Waals surface area (Å²) < 4.78 is 38.4. The van der Waals surface area contributed by atoms with Crippen molar-refractivity contribution in [2.75, 3.05) is 39.6 Å². The largest absolute Gasteiger partial charge is 0.481 e. The minimum Gasteiger partial charge on any atom is -0.481 e. The second-order valence-corrected chi connectivity index (χ2v) is 12.4. The average Bonchev–Trinajstić information content (AvgIpc) is 2.87. The summed E-state index contributed by atoms with van der Waals surface area (Å²) in [6, 6.07) is 0. The van der Waals surface area contributed by atoms with Crippen LogP contribution in [-0.2, 0) is 33.2 Å². The van der Waals surface area contributed by atoms with Gasteiger partial charge in [0.25, 0.3) is 0 Å². The van der Waals surface area contributed by atoms with Crippen LogP contribution in [0.1, 0.15) is 113 Å². The highest BCUT2D eigenvalue weighted by Crippen LogP contribution is 2.36. The maximum absolute atomic E-state index is 11.8. The summed E-state index contributed by atoms with van der Waals surface area (Å²) in [6.07, 6.45) is 6.23. The van der Waals surface area contributed by atoms with Gasteiger partial charge in [0.15, 0.2) is 6.29 Å². The molecule has 0 amide bonds. The number of carboxylic acids is 1. The Balaban J connectivity index is 3.22. The number of unbranched alkanes of at least 4 members (excludes halogenated alkanes) is 4. The van der Waals surface area contributed by atoms with Crippen LogP contribution in [0.2, 0.25) is 0 Å². The first-order chi connectivity index (χ1) is 18.5. The van der Waals surface area contributed by atoms with E-state index in [0.717, 1.165) is 51.4 Å². The molecule has 1 rings (SSSR count). The molecule has 1 saturated heterocycles. The van der Waals surface area contributed by atoms with Gasteiger partial charge in [-0.3, -0.25) is 4.79 Å². The highest BCUT2D eigenvalue weighted by atomic mass is 16.7. The third-order valence-electron chi connectivity index (χ3n) is 7.08. The van der Waals surface area contributed by atoms with Crippen LogP contribution in [0.4, 0.5) is 0 Å². The third-order valence-corrected chi connectivity index (χ3v) is 7.08. The molecule has 1 heterocycles. The van der Waals surface area contributed by atoms with E-state index in [0.29, 0.717) is 46.1 Å². The van der Waals surface area contributed by atoms with Crippen LogP contribution in [0.5, 0.6) is 0 Å². The lowest BCUT2D eigenvalue weighted by Crippen LogP contribution is -2.62. The van der Waals surface area contributed by atoms with Crippen LogP contribution in [0.15, 0.2) is 0 Å². The highest BCUT2D eigenvalue weighted by molar-refractivity contribution is 5.73. The summed E-state index contributed by atoms with van der Waals surface area (Å²) in [5.74, 6) is -0.814. The van der Waals surface area contributed by atoms with Crippen LogP contribution in [0.3, 0.4) is 0 Å². The topological polar surface area (TPSA) is 92.7 Å². The van der Waals surface area contributed by atoms with Crippen LogP contribution >= 0.6 is 0 Å². The van der Waals surface area contributed by atoms with Gasteiger partial charge in [-0.05, 0) is 51.4 Å². The fourth-order valence-corrected chi connectivity index (χ4v) is 4.88. The molecule has 1 aliphatic heterocycles. The van der Waals surface area contributed by atoms with Crippen molar-refractivity contribution >= 4 is 5.97 Å². The van der Waals surface area contributed by atoms with E-state index in [-0.39, 0.29) is 23.7 Å². The van der Waals surface area contributed by atoms with E-state index >= 15 is 0 Å². The molecule has 232 valence electrons. The Kier molecular flexibility index (Phi) is 18.0. The molecule has 0 aromatic heterocycles. The van der Waals surface area contributed by atoms with Gasteiger partial charge in [0.05, 0.1) is 18.6 Å². The quantitative estimate of drug-likeness (QED) is 0.139. The highest BCUT2D eigenvalue weighted by Gasteiger charge is 2.49. The third kappa shape index (κ3) is 13.6. The molecule has 8 heteroatoms. The second-order valence-electron chi connectivity index (χ2n) is 12.4. The molecule has 0 radical (unpaired) electrons. The van der Waals surface area contributed by atoms with Crippen molar-refractivity contribution in [3.8, 4) is 0 Å². The molecule has 1 fully saturated rings. The van der Waals surface area contributed by atoms with Gasteiger partial charge in [-0.25, -0.2) is 0 Å². The number of ether oxygens (including phenoxy) is 6. The van der Waals surface area contributed by atoms with Crippen molar-refractivity contribution < 1.29 is 38.3 Å². The lowest BCUT2D eigenvalue weighted by molar-refractivity contribution is -0.327. The Morgan fingerprint density at radius 3 is 1.72 bits per heavy atom. The van der Waals surface area contributed by atoms with Crippen LogP contribution in [0.25, 0.3) is 0 Å². The number of rotatable bonds is 23. The molecule has 0 aromatic rings. The summed E-state index contributed by atoms with van der Waals surface area (Å²) in [5.41, 5.74) is -1.25. The molecule has 5 atom stereocenters. The summed E-state index contributed by atoms with van der Waals surface area (Å²) in [5, 5.41) is 9.66. The molecule has 1 N–H and O–H groups in total. The lowest BCUT2D eigenvalue weighted by atomic mass is 9.75. The zero-order valence-electron chi connectivity index (χ0n) is 26.3. The first kappa shape index (κ1) is 36.3. The van der Waals surface area contributed by atoms with Crippen LogP contribution in [-0.4, -0.2) is 81.4 Å². The van der Waals surface area contributed by atoms with Crippen molar-refractivity contribution in [1.29, 1.82) is 0 Å². The number of carboxylic acid groups (broad SMARTS) is 1. The summed E-state index contributed by atoms with van der Waals surface area (Å²) in [7, 11) is 0. The number of hydrogen-bond acceptors (Lipinski definition) is 7. The lowest BCUT2D eigenvalue weighted by Gasteiger charge is -2.46. The molecule has 3 unspecified atom stereocenters. The Morgan fingerprint density at radius 1 is 0.718 bits per heavy atom. The first-order valence-corrected chi connectivity index (χ1v) is 15.5. The molecule has 1 aliphatic rings. The van der Waals surface area contributed by atoms with E-state index in [1.54, 1.807) is 13.8 Å². The zero-order valence-corrected chi connectivity index (χ0v) is 26.3. The molecule has 0 aliphatic carbocycles. The Morgan fingerprint density at radius 2 is 1.21 bits per heavy atom. The smallest absolute Gasteiger partial charge is 0.309 e. The van der Waals surface area contributed by atoms with Gasteiger partial charge in [-0.2, -0.15) is 0 Å². The van der Waals surface area contributed by atoms with Gasteiger partial charge in [-0.1, -0.05) is 67.2 Å². The average molecular weight is 561 g/mol. The minimum absolute atomic E-state index is 0.328. The monoisotopic (exact) mass is 560 g/mol. The molecular formula is C31H60O8. The molecule has 0 spiro atoms. The van der Waals surface area contributed by atoms with Crippen molar-refractivity contribution in [3.05, 3.63) is 0 Å². The Bertz CT molecular complexity index is 638.